The van der Waals surface area contributed by atoms with Crippen LogP contribution in [-0.2, 0) is 0 Å². The summed E-state index contributed by atoms with van der Waals surface area (Å²) in [6.45, 7) is 2.51. The first kappa shape index (κ1) is 16.9. The first-order valence-electron chi connectivity index (χ1n) is 8.30. The third kappa shape index (κ3) is 3.95. The van der Waals surface area contributed by atoms with Gasteiger partial charge < -0.3 is 10.4 Å². The molecule has 1 amide bonds. The van der Waals surface area contributed by atoms with E-state index in [2.05, 4.69) is 10.4 Å². The fourth-order valence-corrected chi connectivity index (χ4v) is 2.56. The number of aliphatic hydroxyl groups excluding tert-OH is 1. The van der Waals surface area contributed by atoms with E-state index in [1.807, 2.05) is 61.5 Å². The Morgan fingerprint density at radius 1 is 1.12 bits per heavy atom. The molecule has 3 aromatic rings. The average molecular weight is 335 g/mol. The highest BCUT2D eigenvalue weighted by molar-refractivity contribution is 5.99. The van der Waals surface area contributed by atoms with Crippen LogP contribution < -0.4 is 5.32 Å². The Kier molecular flexibility index (Phi) is 5.26. The summed E-state index contributed by atoms with van der Waals surface area (Å²) in [6, 6.07) is 17.6. The molecule has 0 aliphatic heterocycles. The number of aromatic nitrogens is 2. The number of rotatable bonds is 6. The number of amides is 1. The predicted molar refractivity (Wildman–Crippen MR) is 97.8 cm³/mol. The lowest BCUT2D eigenvalue weighted by molar-refractivity contribution is 0.0952. The SMILES string of the molecule is Cc1ccc(-n2cc(C(=O)NCCCO)c(-c3ccccc3)n2)cc1. The number of carbonyl (C=O) groups excluding carboxylic acids is 1. The normalized spacial score (nSPS) is 10.6. The molecule has 0 aliphatic rings. The largest absolute Gasteiger partial charge is 0.396 e. The van der Waals surface area contributed by atoms with Crippen molar-refractivity contribution in [2.75, 3.05) is 13.2 Å². The van der Waals surface area contributed by atoms with Gasteiger partial charge in [0.25, 0.3) is 5.91 Å². The standard InChI is InChI=1S/C20H21N3O2/c1-15-8-10-17(11-9-15)23-14-18(20(25)21-12-5-13-24)19(22-23)16-6-3-2-4-7-16/h2-4,6-11,14,24H,5,12-13H2,1H3,(H,21,25). The average Bonchev–Trinajstić information content (AvgIpc) is 3.09. The molecular formula is C20H21N3O2. The molecule has 1 aromatic heterocycles. The summed E-state index contributed by atoms with van der Waals surface area (Å²) in [5, 5.41) is 16.4. The van der Waals surface area contributed by atoms with Crippen LogP contribution in [0.2, 0.25) is 0 Å². The lowest BCUT2D eigenvalue weighted by Gasteiger charge is -2.04. The fraction of sp³-hybridized carbons (Fsp3) is 0.200. The second-order valence-electron chi connectivity index (χ2n) is 5.87. The van der Waals surface area contributed by atoms with Crippen molar-refractivity contribution in [3.05, 3.63) is 71.9 Å². The molecule has 0 radical (unpaired) electrons. The second kappa shape index (κ2) is 7.77. The van der Waals surface area contributed by atoms with Crippen molar-refractivity contribution in [2.45, 2.75) is 13.3 Å². The molecule has 5 nitrogen and oxygen atoms in total. The summed E-state index contributed by atoms with van der Waals surface area (Å²) in [4.78, 5) is 12.6. The van der Waals surface area contributed by atoms with Crippen LogP contribution in [-0.4, -0.2) is 33.9 Å². The number of nitrogens with one attached hydrogen (secondary N) is 1. The van der Waals surface area contributed by atoms with E-state index in [0.29, 0.717) is 24.2 Å². The molecule has 0 saturated carbocycles. The zero-order valence-corrected chi connectivity index (χ0v) is 14.1. The van der Waals surface area contributed by atoms with E-state index in [9.17, 15) is 4.79 Å². The van der Waals surface area contributed by atoms with E-state index in [1.54, 1.807) is 10.9 Å². The summed E-state index contributed by atoms with van der Waals surface area (Å²) in [6.07, 6.45) is 2.28. The van der Waals surface area contributed by atoms with Gasteiger partial charge in [-0.1, -0.05) is 48.0 Å². The van der Waals surface area contributed by atoms with Crippen molar-refractivity contribution in [3.8, 4) is 16.9 Å². The van der Waals surface area contributed by atoms with Crippen LogP contribution in [0.15, 0.2) is 60.8 Å². The topological polar surface area (TPSA) is 67.2 Å². The maximum Gasteiger partial charge on any atom is 0.255 e. The Morgan fingerprint density at radius 2 is 1.84 bits per heavy atom. The van der Waals surface area contributed by atoms with E-state index >= 15 is 0 Å². The Balaban J connectivity index is 1.99. The molecule has 0 spiro atoms. The molecule has 0 bridgehead atoms. The molecule has 0 unspecified atom stereocenters. The third-order valence-electron chi connectivity index (χ3n) is 3.93. The quantitative estimate of drug-likeness (QED) is 0.681. The van der Waals surface area contributed by atoms with Gasteiger partial charge in [-0.2, -0.15) is 5.10 Å². The molecule has 0 atom stereocenters. The van der Waals surface area contributed by atoms with Gasteiger partial charge in [0.2, 0.25) is 0 Å². The number of aryl methyl sites for hydroxylation is 1. The lowest BCUT2D eigenvalue weighted by atomic mass is 10.1. The van der Waals surface area contributed by atoms with Crippen LogP contribution in [0.4, 0.5) is 0 Å². The Morgan fingerprint density at radius 3 is 2.52 bits per heavy atom. The van der Waals surface area contributed by atoms with Gasteiger partial charge in [0.05, 0.1) is 11.3 Å². The maximum absolute atomic E-state index is 12.6. The van der Waals surface area contributed by atoms with E-state index in [1.165, 1.54) is 5.56 Å². The molecule has 1 heterocycles. The van der Waals surface area contributed by atoms with Crippen LogP contribution >= 0.6 is 0 Å². The van der Waals surface area contributed by atoms with E-state index < -0.39 is 0 Å². The first-order valence-corrected chi connectivity index (χ1v) is 8.30. The number of nitrogens with zero attached hydrogens (tertiary/aromatic N) is 2. The Bertz CT molecular complexity index is 839. The molecule has 25 heavy (non-hydrogen) atoms. The van der Waals surface area contributed by atoms with Crippen LogP contribution in [0.1, 0.15) is 22.3 Å². The van der Waals surface area contributed by atoms with Crippen LogP contribution in [0, 0.1) is 6.92 Å². The van der Waals surface area contributed by atoms with Gasteiger partial charge in [-0.25, -0.2) is 4.68 Å². The summed E-state index contributed by atoms with van der Waals surface area (Å²) in [5.74, 6) is -0.189. The van der Waals surface area contributed by atoms with Crippen molar-refractivity contribution in [1.29, 1.82) is 0 Å². The Labute approximate surface area is 146 Å². The summed E-state index contributed by atoms with van der Waals surface area (Å²) < 4.78 is 1.72. The summed E-state index contributed by atoms with van der Waals surface area (Å²) in [5.41, 5.74) is 4.12. The Hall–Kier alpha value is -2.92. The number of hydrogen-bond donors (Lipinski definition) is 2. The van der Waals surface area contributed by atoms with Gasteiger partial charge >= 0.3 is 0 Å². The summed E-state index contributed by atoms with van der Waals surface area (Å²) in [7, 11) is 0. The van der Waals surface area contributed by atoms with Gasteiger partial charge in [0.15, 0.2) is 0 Å². The van der Waals surface area contributed by atoms with Crippen molar-refractivity contribution in [1.82, 2.24) is 15.1 Å². The van der Waals surface area contributed by atoms with Crippen molar-refractivity contribution in [3.63, 3.8) is 0 Å². The first-order chi connectivity index (χ1) is 12.2. The van der Waals surface area contributed by atoms with Gasteiger partial charge in [0.1, 0.15) is 5.69 Å². The molecular weight excluding hydrogens is 314 g/mol. The summed E-state index contributed by atoms with van der Waals surface area (Å²) >= 11 is 0. The highest BCUT2D eigenvalue weighted by atomic mass is 16.3. The van der Waals surface area contributed by atoms with Crippen LogP contribution in [0.25, 0.3) is 16.9 Å². The van der Waals surface area contributed by atoms with Crippen molar-refractivity contribution < 1.29 is 9.90 Å². The van der Waals surface area contributed by atoms with Crippen molar-refractivity contribution in [2.24, 2.45) is 0 Å². The lowest BCUT2D eigenvalue weighted by Crippen LogP contribution is -2.25. The highest BCUT2D eigenvalue weighted by Gasteiger charge is 2.18. The minimum Gasteiger partial charge on any atom is -0.396 e. The number of benzene rings is 2. The zero-order valence-electron chi connectivity index (χ0n) is 14.1. The van der Waals surface area contributed by atoms with E-state index in [0.717, 1.165) is 11.3 Å². The minimum atomic E-state index is -0.189. The minimum absolute atomic E-state index is 0.0501. The van der Waals surface area contributed by atoms with E-state index in [4.69, 9.17) is 5.11 Å². The molecule has 0 aliphatic carbocycles. The fourth-order valence-electron chi connectivity index (χ4n) is 2.56. The number of aliphatic hydroxyl groups is 1. The van der Waals surface area contributed by atoms with E-state index in [-0.39, 0.29) is 12.5 Å². The smallest absolute Gasteiger partial charge is 0.255 e. The molecule has 5 heteroatoms. The number of carbonyl (C=O) groups is 1. The second-order valence-corrected chi connectivity index (χ2v) is 5.87. The van der Waals surface area contributed by atoms with Gasteiger partial charge in [-0.05, 0) is 25.5 Å². The molecule has 2 N–H and O–H groups in total. The van der Waals surface area contributed by atoms with Gasteiger partial charge in [-0.15, -0.1) is 0 Å². The maximum atomic E-state index is 12.6. The van der Waals surface area contributed by atoms with Crippen molar-refractivity contribution >= 4 is 5.91 Å². The van der Waals surface area contributed by atoms with Gasteiger partial charge in [-0.3, -0.25) is 4.79 Å². The predicted octanol–water partition coefficient (Wildman–Crippen LogP) is 2.96. The zero-order chi connectivity index (χ0) is 17.6. The molecule has 0 saturated heterocycles. The van der Waals surface area contributed by atoms with Crippen LogP contribution in [0.5, 0.6) is 0 Å². The highest BCUT2D eigenvalue weighted by Crippen LogP contribution is 2.23. The third-order valence-corrected chi connectivity index (χ3v) is 3.93. The molecule has 2 aromatic carbocycles. The van der Waals surface area contributed by atoms with Crippen LogP contribution in [0.3, 0.4) is 0 Å². The molecule has 128 valence electrons. The molecule has 3 rings (SSSR count). The van der Waals surface area contributed by atoms with Gasteiger partial charge in [0, 0.05) is 24.9 Å². The molecule has 0 fully saturated rings. The number of hydrogen-bond acceptors (Lipinski definition) is 3. The monoisotopic (exact) mass is 335 g/mol.